The van der Waals surface area contributed by atoms with Gasteiger partial charge in [0, 0.05) is 43.5 Å². The topological polar surface area (TPSA) is 101 Å². The van der Waals surface area contributed by atoms with E-state index in [-0.39, 0.29) is 11.8 Å². The summed E-state index contributed by atoms with van der Waals surface area (Å²) in [7, 11) is -3.35. The summed E-state index contributed by atoms with van der Waals surface area (Å²) in [5.74, 6) is -0.140. The lowest BCUT2D eigenvalue weighted by molar-refractivity contribution is -0.129. The van der Waals surface area contributed by atoms with E-state index < -0.39 is 15.6 Å². The highest BCUT2D eigenvalue weighted by molar-refractivity contribution is 7.91. The summed E-state index contributed by atoms with van der Waals surface area (Å²) in [6.45, 7) is 2.07. The highest BCUT2D eigenvalue weighted by atomic mass is 32.2. The SMILES string of the molecule is CS(=O)(=O)CC(=O)N(CCN1C2CCC1CC(c1cccc(C(N)=O)c1)C2)CC1CCCCC1. The van der Waals surface area contributed by atoms with Crippen LogP contribution in [0.1, 0.15) is 79.6 Å². The van der Waals surface area contributed by atoms with Crippen molar-refractivity contribution >= 4 is 21.7 Å². The zero-order valence-electron chi connectivity index (χ0n) is 20.3. The number of sulfone groups is 1. The van der Waals surface area contributed by atoms with Crippen LogP contribution in [-0.2, 0) is 14.6 Å². The Morgan fingerprint density at radius 2 is 1.74 bits per heavy atom. The van der Waals surface area contributed by atoms with E-state index in [1.54, 1.807) is 6.07 Å². The third kappa shape index (κ3) is 6.39. The van der Waals surface area contributed by atoms with E-state index in [0.29, 0.717) is 42.6 Å². The number of primary amides is 1. The molecule has 0 spiro atoms. The molecule has 188 valence electrons. The fourth-order valence-electron chi connectivity index (χ4n) is 6.41. The number of carbonyl (C=O) groups is 2. The molecule has 2 N–H and O–H groups in total. The number of hydrogen-bond donors (Lipinski definition) is 1. The second-order valence-electron chi connectivity index (χ2n) is 10.7. The first kappa shape index (κ1) is 25.2. The monoisotopic (exact) mass is 489 g/mol. The van der Waals surface area contributed by atoms with E-state index in [2.05, 4.69) is 11.0 Å². The van der Waals surface area contributed by atoms with Gasteiger partial charge in [-0.05, 0) is 68.1 Å². The van der Waals surface area contributed by atoms with Gasteiger partial charge in [0.15, 0.2) is 9.84 Å². The maximum absolute atomic E-state index is 12.9. The quantitative estimate of drug-likeness (QED) is 0.575. The molecule has 34 heavy (non-hydrogen) atoms. The highest BCUT2D eigenvalue weighted by Gasteiger charge is 2.41. The first-order chi connectivity index (χ1) is 16.2. The largest absolute Gasteiger partial charge is 0.366 e. The molecule has 4 rings (SSSR count). The van der Waals surface area contributed by atoms with Crippen molar-refractivity contribution in [1.29, 1.82) is 0 Å². The van der Waals surface area contributed by atoms with E-state index in [4.69, 9.17) is 5.73 Å². The second-order valence-corrected chi connectivity index (χ2v) is 12.8. The maximum Gasteiger partial charge on any atom is 0.248 e. The molecule has 2 saturated heterocycles. The van der Waals surface area contributed by atoms with Gasteiger partial charge >= 0.3 is 0 Å². The van der Waals surface area contributed by atoms with Crippen LogP contribution in [0.3, 0.4) is 0 Å². The minimum atomic E-state index is -3.35. The lowest BCUT2D eigenvalue weighted by Crippen LogP contribution is -2.48. The number of piperidine rings is 1. The fourth-order valence-corrected chi connectivity index (χ4v) is 7.04. The summed E-state index contributed by atoms with van der Waals surface area (Å²) in [5, 5.41) is 0. The van der Waals surface area contributed by atoms with Crippen molar-refractivity contribution in [3.8, 4) is 0 Å². The zero-order valence-corrected chi connectivity index (χ0v) is 21.1. The molecule has 2 amide bonds. The number of nitrogens with two attached hydrogens (primary N) is 1. The Labute approximate surface area is 204 Å². The van der Waals surface area contributed by atoms with Gasteiger partial charge in [-0.1, -0.05) is 31.4 Å². The van der Waals surface area contributed by atoms with E-state index >= 15 is 0 Å². The molecule has 1 aromatic carbocycles. The van der Waals surface area contributed by atoms with Crippen LogP contribution in [0.2, 0.25) is 0 Å². The van der Waals surface area contributed by atoms with Crippen LogP contribution >= 0.6 is 0 Å². The van der Waals surface area contributed by atoms with Gasteiger partial charge in [-0.2, -0.15) is 0 Å². The molecule has 0 aromatic heterocycles. The van der Waals surface area contributed by atoms with Gasteiger partial charge in [-0.3, -0.25) is 14.5 Å². The van der Waals surface area contributed by atoms with Crippen molar-refractivity contribution in [1.82, 2.24) is 9.80 Å². The fraction of sp³-hybridized carbons (Fsp3) is 0.692. The van der Waals surface area contributed by atoms with Crippen molar-refractivity contribution in [2.24, 2.45) is 11.7 Å². The molecule has 2 atom stereocenters. The number of benzene rings is 1. The number of carbonyl (C=O) groups excluding carboxylic acids is 2. The Morgan fingerprint density at radius 1 is 1.06 bits per heavy atom. The van der Waals surface area contributed by atoms with Gasteiger partial charge in [-0.25, -0.2) is 8.42 Å². The van der Waals surface area contributed by atoms with Crippen LogP contribution < -0.4 is 5.73 Å². The van der Waals surface area contributed by atoms with Gasteiger partial charge in [0.1, 0.15) is 5.75 Å². The van der Waals surface area contributed by atoms with Crippen LogP contribution in [0.4, 0.5) is 0 Å². The summed E-state index contributed by atoms with van der Waals surface area (Å²) in [5.41, 5.74) is 7.24. The van der Waals surface area contributed by atoms with Crippen molar-refractivity contribution in [3.63, 3.8) is 0 Å². The third-order valence-electron chi connectivity index (χ3n) is 8.10. The van der Waals surface area contributed by atoms with Gasteiger partial charge in [0.2, 0.25) is 11.8 Å². The summed E-state index contributed by atoms with van der Waals surface area (Å²) >= 11 is 0. The smallest absolute Gasteiger partial charge is 0.248 e. The van der Waals surface area contributed by atoms with E-state index in [1.807, 2.05) is 17.0 Å². The average molecular weight is 490 g/mol. The summed E-state index contributed by atoms with van der Waals surface area (Å²) < 4.78 is 23.6. The third-order valence-corrected chi connectivity index (χ3v) is 8.87. The molecule has 2 bridgehead atoms. The van der Waals surface area contributed by atoms with Crippen molar-refractivity contribution in [2.75, 3.05) is 31.6 Å². The van der Waals surface area contributed by atoms with Crippen molar-refractivity contribution in [2.45, 2.75) is 75.8 Å². The predicted octanol–water partition coefficient (Wildman–Crippen LogP) is 2.95. The Balaban J connectivity index is 1.39. The minimum absolute atomic E-state index is 0.251. The predicted molar refractivity (Wildman–Crippen MR) is 133 cm³/mol. The summed E-state index contributed by atoms with van der Waals surface area (Å²) in [4.78, 5) is 28.9. The summed E-state index contributed by atoms with van der Waals surface area (Å²) in [6.07, 6.45) is 11.4. The molecule has 0 radical (unpaired) electrons. The Kier molecular flexibility index (Phi) is 7.97. The minimum Gasteiger partial charge on any atom is -0.366 e. The molecule has 1 saturated carbocycles. The Hall–Kier alpha value is -1.93. The summed E-state index contributed by atoms with van der Waals surface area (Å²) in [6, 6.07) is 8.65. The zero-order chi connectivity index (χ0) is 24.3. The molecule has 2 aliphatic heterocycles. The van der Waals surface area contributed by atoms with E-state index in [9.17, 15) is 18.0 Å². The maximum atomic E-state index is 12.9. The molecular formula is C26H39N3O4S. The Morgan fingerprint density at radius 3 is 2.35 bits per heavy atom. The Bertz CT molecular complexity index is 976. The molecule has 1 aromatic rings. The van der Waals surface area contributed by atoms with Crippen molar-refractivity contribution < 1.29 is 18.0 Å². The number of hydrogen-bond acceptors (Lipinski definition) is 5. The first-order valence-corrected chi connectivity index (χ1v) is 14.9. The standard InChI is InChI=1S/C26H39N3O4S/c1-34(32,33)18-25(30)28(17-19-6-3-2-4-7-19)12-13-29-23-10-11-24(29)16-22(15-23)20-8-5-9-21(14-20)26(27)31/h5,8-9,14,19,22-24H,2-4,6-7,10-13,15-18H2,1H3,(H2,27,31). The van der Waals surface area contributed by atoms with Gasteiger partial charge < -0.3 is 10.6 Å². The lowest BCUT2D eigenvalue weighted by Gasteiger charge is -2.40. The molecule has 1 aliphatic carbocycles. The average Bonchev–Trinajstić information content (AvgIpc) is 3.02. The number of nitrogens with zero attached hydrogens (tertiary/aromatic N) is 2. The van der Waals surface area contributed by atoms with Crippen LogP contribution in [-0.4, -0.2) is 73.8 Å². The molecule has 2 heterocycles. The molecular weight excluding hydrogens is 450 g/mol. The van der Waals surface area contributed by atoms with Crippen LogP contribution in [0.5, 0.6) is 0 Å². The van der Waals surface area contributed by atoms with E-state index in [0.717, 1.165) is 51.3 Å². The molecule has 7 nitrogen and oxygen atoms in total. The first-order valence-electron chi connectivity index (χ1n) is 12.8. The molecule has 3 fully saturated rings. The van der Waals surface area contributed by atoms with Crippen LogP contribution in [0, 0.1) is 5.92 Å². The van der Waals surface area contributed by atoms with E-state index in [1.165, 1.54) is 24.8 Å². The molecule has 2 unspecified atom stereocenters. The highest BCUT2D eigenvalue weighted by Crippen LogP contribution is 2.43. The molecule has 8 heteroatoms. The van der Waals surface area contributed by atoms with Gasteiger partial charge in [0.05, 0.1) is 0 Å². The normalized spacial score (nSPS) is 25.9. The van der Waals surface area contributed by atoms with Crippen molar-refractivity contribution in [3.05, 3.63) is 35.4 Å². The van der Waals surface area contributed by atoms with Crippen LogP contribution in [0.15, 0.2) is 24.3 Å². The number of amides is 2. The molecule has 3 aliphatic rings. The van der Waals surface area contributed by atoms with Gasteiger partial charge in [0.25, 0.3) is 0 Å². The number of fused-ring (bicyclic) bond motifs is 2. The number of rotatable bonds is 9. The van der Waals surface area contributed by atoms with Gasteiger partial charge in [-0.15, -0.1) is 0 Å². The second kappa shape index (κ2) is 10.8. The van der Waals surface area contributed by atoms with Crippen LogP contribution in [0.25, 0.3) is 0 Å². The lowest BCUT2D eigenvalue weighted by atomic mass is 9.84.